The third-order valence-electron chi connectivity index (χ3n) is 0.979. The Balaban J connectivity index is 2.91. The summed E-state index contributed by atoms with van der Waals surface area (Å²) in [6.45, 7) is 3.39. The average Bonchev–Trinajstić information content (AvgIpc) is 1.89. The van der Waals surface area contributed by atoms with Crippen LogP contribution in [0.15, 0.2) is 0 Å². The molecule has 0 nitrogen and oxygen atoms in total. The molecule has 0 aromatic heterocycles. The minimum absolute atomic E-state index is 0.763. The van der Waals surface area contributed by atoms with Crippen molar-refractivity contribution in [3.8, 4) is 17.8 Å². The smallest absolute Gasteiger partial charge is 0.0198 e. The van der Waals surface area contributed by atoms with Gasteiger partial charge in [0.25, 0.3) is 0 Å². The van der Waals surface area contributed by atoms with Crippen LogP contribution in [-0.4, -0.2) is 0 Å². The summed E-state index contributed by atoms with van der Waals surface area (Å²) in [5, 5.41) is 0. The summed E-state index contributed by atoms with van der Waals surface area (Å²) in [5.74, 6) is 7.77. The van der Waals surface area contributed by atoms with E-state index >= 15 is 0 Å². The first-order chi connectivity index (χ1) is 4.41. The van der Waals surface area contributed by atoms with Crippen molar-refractivity contribution >= 4 is 0 Å². The van der Waals surface area contributed by atoms with E-state index in [2.05, 4.69) is 24.7 Å². The van der Waals surface area contributed by atoms with Crippen LogP contribution in [0, 0.1) is 31.1 Å². The summed E-state index contributed by atoms with van der Waals surface area (Å²) < 4.78 is 0. The number of unbranched alkanes of at least 4 members (excludes halogenated alkanes) is 3. The zero-order valence-corrected chi connectivity index (χ0v) is 5.54. The molecule has 2 radical (unpaired) electrons. The van der Waals surface area contributed by atoms with Crippen molar-refractivity contribution < 1.29 is 0 Å². The summed E-state index contributed by atoms with van der Waals surface area (Å²) in [6, 6.07) is 0. The lowest BCUT2D eigenvalue weighted by Crippen LogP contribution is -1.71. The molecule has 9 heavy (non-hydrogen) atoms. The number of hydrogen-bond donors (Lipinski definition) is 0. The molecule has 0 heteroatoms. The van der Waals surface area contributed by atoms with Crippen molar-refractivity contribution in [2.75, 3.05) is 0 Å². The Kier molecular flexibility index (Phi) is 6.42. The first kappa shape index (κ1) is 8.12. The van der Waals surface area contributed by atoms with Gasteiger partial charge in [-0.25, -0.2) is 0 Å². The highest BCUT2D eigenvalue weighted by molar-refractivity contribution is 5.00. The molecule has 0 bridgehead atoms. The van der Waals surface area contributed by atoms with Crippen LogP contribution in [0.5, 0.6) is 0 Å². The molecule has 0 saturated carbocycles. The topological polar surface area (TPSA) is 0 Å². The normalized spacial score (nSPS) is 7.11. The van der Waals surface area contributed by atoms with Gasteiger partial charge in [0.15, 0.2) is 0 Å². The van der Waals surface area contributed by atoms with E-state index in [4.69, 9.17) is 6.42 Å². The second kappa shape index (κ2) is 7.12. The average molecular weight is 118 g/mol. The van der Waals surface area contributed by atoms with Crippen LogP contribution < -0.4 is 0 Å². The van der Waals surface area contributed by atoms with Crippen LogP contribution >= 0.6 is 0 Å². The highest BCUT2D eigenvalue weighted by atomic mass is 13.8. The number of hydrogen-bond acceptors (Lipinski definition) is 0. The van der Waals surface area contributed by atoms with Crippen LogP contribution in [0.4, 0.5) is 0 Å². The van der Waals surface area contributed by atoms with Gasteiger partial charge >= 0.3 is 0 Å². The van der Waals surface area contributed by atoms with E-state index < -0.39 is 0 Å². The van der Waals surface area contributed by atoms with Gasteiger partial charge in [-0.05, 0) is 19.3 Å². The second-order valence-corrected chi connectivity index (χ2v) is 1.74. The van der Waals surface area contributed by atoms with Crippen LogP contribution in [0.2, 0.25) is 0 Å². The fourth-order valence-corrected chi connectivity index (χ4v) is 0.515. The maximum Gasteiger partial charge on any atom is 0.0198 e. The molecular weight excluding hydrogens is 108 g/mol. The fraction of sp³-hybridized carbons (Fsp3) is 0.444. The molecule has 0 aliphatic heterocycles. The molecule has 0 fully saturated rings. The molecule has 0 unspecified atom stereocenters. The lowest BCUT2D eigenvalue weighted by atomic mass is 10.2. The van der Waals surface area contributed by atoms with E-state index in [1.54, 1.807) is 0 Å². The van der Waals surface area contributed by atoms with Gasteiger partial charge in [0, 0.05) is 19.8 Å². The minimum atomic E-state index is 0.763. The molecular formula is C9H10. The lowest BCUT2D eigenvalue weighted by molar-refractivity contribution is 0.782. The van der Waals surface area contributed by atoms with Gasteiger partial charge in [0.05, 0.1) is 0 Å². The summed E-state index contributed by atoms with van der Waals surface area (Å²) >= 11 is 0. The molecule has 0 aromatic carbocycles. The predicted molar refractivity (Wildman–Crippen MR) is 38.7 cm³/mol. The Bertz CT molecular complexity index is 138. The van der Waals surface area contributed by atoms with Crippen LogP contribution in [0.25, 0.3) is 0 Å². The molecule has 0 spiro atoms. The predicted octanol–water partition coefficient (Wildman–Crippen LogP) is 1.97. The molecule has 0 aliphatic rings. The maximum atomic E-state index is 6.58. The zero-order chi connectivity index (χ0) is 6.95. The largest absolute Gasteiger partial charge is 0.103 e. The Labute approximate surface area is 57.7 Å². The van der Waals surface area contributed by atoms with Crippen molar-refractivity contribution in [1.82, 2.24) is 0 Å². The Morgan fingerprint density at radius 3 is 2.44 bits per heavy atom. The second-order valence-electron chi connectivity index (χ2n) is 1.74. The van der Waals surface area contributed by atoms with E-state index in [0.29, 0.717) is 0 Å². The first-order valence-electron chi connectivity index (χ1n) is 3.06. The highest BCUT2D eigenvalue weighted by Gasteiger charge is 1.80. The maximum absolute atomic E-state index is 6.58. The lowest BCUT2D eigenvalue weighted by Gasteiger charge is -1.86. The van der Waals surface area contributed by atoms with Gasteiger partial charge in [0.2, 0.25) is 0 Å². The molecule has 0 aromatic rings. The Morgan fingerprint density at radius 1 is 1.22 bits per heavy atom. The Hall–Kier alpha value is -0.880. The molecule has 0 atom stereocenters. The fourth-order valence-electron chi connectivity index (χ4n) is 0.515. The molecule has 0 amide bonds. The van der Waals surface area contributed by atoms with Gasteiger partial charge in [-0.3, -0.25) is 0 Å². The van der Waals surface area contributed by atoms with Gasteiger partial charge in [-0.15, -0.1) is 11.8 Å². The van der Waals surface area contributed by atoms with Crippen molar-refractivity contribution in [2.24, 2.45) is 0 Å². The van der Waals surface area contributed by atoms with Gasteiger partial charge in [0.1, 0.15) is 0 Å². The summed E-state index contributed by atoms with van der Waals surface area (Å²) in [5.41, 5.74) is 0. The third-order valence-corrected chi connectivity index (χ3v) is 0.979. The quantitative estimate of drug-likeness (QED) is 0.392. The third kappa shape index (κ3) is 7.12. The van der Waals surface area contributed by atoms with Crippen LogP contribution in [0.1, 0.15) is 25.7 Å². The van der Waals surface area contributed by atoms with Crippen molar-refractivity contribution in [1.29, 1.82) is 0 Å². The van der Waals surface area contributed by atoms with Gasteiger partial charge < -0.3 is 0 Å². The van der Waals surface area contributed by atoms with Crippen LogP contribution in [-0.2, 0) is 0 Å². The highest BCUT2D eigenvalue weighted by Crippen LogP contribution is 1.96. The molecule has 0 N–H and O–H groups in total. The first-order valence-corrected chi connectivity index (χ1v) is 3.06. The minimum Gasteiger partial charge on any atom is -0.103 e. The SMILES string of the molecule is [C]#CCCCCC#C[CH2]. The Morgan fingerprint density at radius 2 is 1.89 bits per heavy atom. The zero-order valence-electron chi connectivity index (χ0n) is 5.54. The number of rotatable bonds is 3. The molecule has 0 aliphatic carbocycles. The molecule has 46 valence electrons. The van der Waals surface area contributed by atoms with Crippen molar-refractivity contribution in [2.45, 2.75) is 25.7 Å². The van der Waals surface area contributed by atoms with Crippen molar-refractivity contribution in [3.63, 3.8) is 0 Å². The standard InChI is InChI=1S/C9H10/c1-3-5-7-9-8-6-4-2/h1,6-9H2. The summed E-state index contributed by atoms with van der Waals surface area (Å²) in [4.78, 5) is 0. The van der Waals surface area contributed by atoms with E-state index in [-0.39, 0.29) is 0 Å². The molecule has 0 saturated heterocycles. The van der Waals surface area contributed by atoms with Gasteiger partial charge in [-0.2, -0.15) is 0 Å². The summed E-state index contributed by atoms with van der Waals surface area (Å²) in [6.07, 6.45) is 10.3. The van der Waals surface area contributed by atoms with Crippen molar-refractivity contribution in [3.05, 3.63) is 13.3 Å². The molecule has 0 heterocycles. The van der Waals surface area contributed by atoms with E-state index in [1.807, 2.05) is 0 Å². The van der Waals surface area contributed by atoms with Crippen LogP contribution in [0.3, 0.4) is 0 Å². The van der Waals surface area contributed by atoms with Gasteiger partial charge in [-0.1, -0.05) is 5.92 Å². The van der Waals surface area contributed by atoms with E-state index in [1.165, 1.54) is 0 Å². The summed E-state index contributed by atoms with van der Waals surface area (Å²) in [7, 11) is 0. The van der Waals surface area contributed by atoms with E-state index in [0.717, 1.165) is 25.7 Å². The molecule has 0 rings (SSSR count). The van der Waals surface area contributed by atoms with E-state index in [9.17, 15) is 0 Å². The monoisotopic (exact) mass is 118 g/mol.